The van der Waals surface area contributed by atoms with Gasteiger partial charge in [0, 0.05) is 13.6 Å². The largest absolute Gasteiger partial charge is 0.465 e. The van der Waals surface area contributed by atoms with Crippen LogP contribution in [0.1, 0.15) is 30.1 Å². The molecule has 0 aliphatic carbocycles. The number of anilines is 1. The van der Waals surface area contributed by atoms with Crippen LogP contribution in [0.5, 0.6) is 0 Å². The van der Waals surface area contributed by atoms with E-state index in [2.05, 4.69) is 10.1 Å². The number of methoxy groups -OCH3 is 1. The summed E-state index contributed by atoms with van der Waals surface area (Å²) < 4.78 is 4.60. The van der Waals surface area contributed by atoms with E-state index in [1.54, 1.807) is 7.05 Å². The second-order valence-corrected chi connectivity index (χ2v) is 5.13. The molecule has 0 aliphatic rings. The normalized spacial score (nSPS) is 10.0. The Hall–Kier alpha value is -2.08. The zero-order valence-electron chi connectivity index (χ0n) is 12.8. The smallest absolute Gasteiger partial charge is 0.337 e. The van der Waals surface area contributed by atoms with Crippen LogP contribution in [0.4, 0.5) is 5.69 Å². The summed E-state index contributed by atoms with van der Waals surface area (Å²) in [6.07, 6.45) is 1.74. The Labute approximate surface area is 134 Å². The van der Waals surface area contributed by atoms with Gasteiger partial charge in [-0.2, -0.15) is 0 Å². The van der Waals surface area contributed by atoms with Gasteiger partial charge in [0.2, 0.25) is 0 Å². The lowest BCUT2D eigenvalue weighted by atomic mass is 10.2. The molecule has 0 unspecified atom stereocenters. The first-order chi connectivity index (χ1) is 10.4. The standard InChI is InChI=1S/C15H19ClN2O4/c1-4-5-8-18(2)14(20)13(19)17-12-9-10(15(21)22-3)6-7-11(12)16/h6-7,9H,4-5,8H2,1-3H3,(H,17,19). The van der Waals surface area contributed by atoms with Crippen LogP contribution in [0.2, 0.25) is 5.02 Å². The minimum atomic E-state index is -0.803. The number of carbonyl (C=O) groups excluding carboxylic acids is 3. The summed E-state index contributed by atoms with van der Waals surface area (Å²) in [6.45, 7) is 2.50. The van der Waals surface area contributed by atoms with Gasteiger partial charge in [-0.15, -0.1) is 0 Å². The highest BCUT2D eigenvalue weighted by molar-refractivity contribution is 6.41. The molecular weight excluding hydrogens is 308 g/mol. The lowest BCUT2D eigenvalue weighted by molar-refractivity contribution is -0.142. The van der Waals surface area contributed by atoms with Gasteiger partial charge in [-0.3, -0.25) is 9.59 Å². The molecule has 0 bridgehead atoms. The number of nitrogens with zero attached hydrogens (tertiary/aromatic N) is 1. The zero-order valence-corrected chi connectivity index (χ0v) is 13.6. The van der Waals surface area contributed by atoms with Crippen molar-refractivity contribution in [3.05, 3.63) is 28.8 Å². The van der Waals surface area contributed by atoms with Crippen molar-refractivity contribution in [3.8, 4) is 0 Å². The molecule has 0 spiro atoms. The minimum absolute atomic E-state index is 0.187. The minimum Gasteiger partial charge on any atom is -0.465 e. The van der Waals surface area contributed by atoms with Crippen LogP contribution in [0.15, 0.2) is 18.2 Å². The van der Waals surface area contributed by atoms with Crippen LogP contribution < -0.4 is 5.32 Å². The van der Waals surface area contributed by atoms with Crippen LogP contribution in [-0.4, -0.2) is 43.4 Å². The Morgan fingerprint density at radius 3 is 2.59 bits per heavy atom. The van der Waals surface area contributed by atoms with Gasteiger partial charge in [-0.1, -0.05) is 24.9 Å². The highest BCUT2D eigenvalue weighted by Crippen LogP contribution is 2.23. The second-order valence-electron chi connectivity index (χ2n) is 4.72. The van der Waals surface area contributed by atoms with E-state index in [1.165, 1.54) is 30.2 Å². The fourth-order valence-corrected chi connectivity index (χ4v) is 1.88. The van der Waals surface area contributed by atoms with E-state index in [-0.39, 0.29) is 16.3 Å². The quantitative estimate of drug-likeness (QED) is 0.665. The number of hydrogen-bond donors (Lipinski definition) is 1. The van der Waals surface area contributed by atoms with Crippen molar-refractivity contribution in [2.45, 2.75) is 19.8 Å². The Morgan fingerprint density at radius 1 is 1.32 bits per heavy atom. The number of carbonyl (C=O) groups is 3. The highest BCUT2D eigenvalue weighted by Gasteiger charge is 2.20. The third kappa shape index (κ3) is 4.73. The van der Waals surface area contributed by atoms with Gasteiger partial charge >= 0.3 is 17.8 Å². The first-order valence-electron chi connectivity index (χ1n) is 6.85. The van der Waals surface area contributed by atoms with E-state index in [0.717, 1.165) is 12.8 Å². The fourth-order valence-electron chi connectivity index (χ4n) is 1.71. The molecule has 1 N–H and O–H groups in total. The topological polar surface area (TPSA) is 75.7 Å². The molecule has 1 aromatic rings. The number of nitrogens with one attached hydrogen (secondary N) is 1. The molecule has 0 aromatic heterocycles. The van der Waals surface area contributed by atoms with Gasteiger partial charge in [0.15, 0.2) is 0 Å². The first-order valence-corrected chi connectivity index (χ1v) is 7.22. The Kier molecular flexibility index (Phi) is 6.85. The third-order valence-electron chi connectivity index (χ3n) is 3.02. The molecule has 0 heterocycles. The van der Waals surface area contributed by atoms with Crippen LogP contribution >= 0.6 is 11.6 Å². The van der Waals surface area contributed by atoms with Crippen molar-refractivity contribution < 1.29 is 19.1 Å². The summed E-state index contributed by atoms with van der Waals surface area (Å²) in [4.78, 5) is 36.7. The molecule has 0 saturated carbocycles. The van der Waals surface area contributed by atoms with Gasteiger partial charge in [0.25, 0.3) is 0 Å². The number of rotatable bonds is 5. The summed E-state index contributed by atoms with van der Waals surface area (Å²) in [7, 11) is 2.81. The van der Waals surface area contributed by atoms with Crippen molar-refractivity contribution in [2.75, 3.05) is 26.0 Å². The summed E-state index contributed by atoms with van der Waals surface area (Å²) in [6, 6.07) is 4.29. The van der Waals surface area contributed by atoms with Gasteiger partial charge < -0.3 is 15.0 Å². The SMILES string of the molecule is CCCCN(C)C(=O)C(=O)Nc1cc(C(=O)OC)ccc1Cl. The maximum absolute atomic E-state index is 11.9. The van der Waals surface area contributed by atoms with Crippen molar-refractivity contribution >= 4 is 35.1 Å². The average Bonchev–Trinajstić information content (AvgIpc) is 2.52. The van der Waals surface area contributed by atoms with E-state index in [0.29, 0.717) is 6.54 Å². The van der Waals surface area contributed by atoms with Gasteiger partial charge in [-0.05, 0) is 24.6 Å². The number of unbranched alkanes of at least 4 members (excludes halogenated alkanes) is 1. The fraction of sp³-hybridized carbons (Fsp3) is 0.400. The molecule has 1 aromatic carbocycles. The van der Waals surface area contributed by atoms with Crippen molar-refractivity contribution in [3.63, 3.8) is 0 Å². The van der Waals surface area contributed by atoms with E-state index in [4.69, 9.17) is 11.6 Å². The lowest BCUT2D eigenvalue weighted by Gasteiger charge is -2.16. The second kappa shape index (κ2) is 8.38. The molecule has 2 amide bonds. The molecular formula is C15H19ClN2O4. The summed E-state index contributed by atoms with van der Waals surface area (Å²) >= 11 is 5.96. The first kappa shape index (κ1) is 18.0. The number of ether oxygens (including phenoxy) is 1. The zero-order chi connectivity index (χ0) is 16.7. The number of benzene rings is 1. The maximum Gasteiger partial charge on any atom is 0.337 e. The number of halogens is 1. The average molecular weight is 327 g/mol. The molecule has 0 fully saturated rings. The Balaban J connectivity index is 2.83. The molecule has 6 nitrogen and oxygen atoms in total. The summed E-state index contributed by atoms with van der Waals surface area (Å²) in [5.41, 5.74) is 0.417. The number of amides is 2. The molecule has 0 aliphatic heterocycles. The summed E-state index contributed by atoms with van der Waals surface area (Å²) in [5.74, 6) is -2.02. The lowest BCUT2D eigenvalue weighted by Crippen LogP contribution is -2.37. The molecule has 1 rings (SSSR count). The van der Waals surface area contributed by atoms with Crippen molar-refractivity contribution in [1.29, 1.82) is 0 Å². The van der Waals surface area contributed by atoms with Crippen LogP contribution in [-0.2, 0) is 14.3 Å². The van der Waals surface area contributed by atoms with E-state index >= 15 is 0 Å². The highest BCUT2D eigenvalue weighted by atomic mass is 35.5. The molecule has 120 valence electrons. The van der Waals surface area contributed by atoms with Crippen molar-refractivity contribution in [1.82, 2.24) is 4.90 Å². The maximum atomic E-state index is 11.9. The molecule has 0 radical (unpaired) electrons. The molecule has 7 heteroatoms. The predicted octanol–water partition coefficient (Wildman–Crippen LogP) is 2.32. The van der Waals surface area contributed by atoms with E-state index in [9.17, 15) is 14.4 Å². The molecule has 22 heavy (non-hydrogen) atoms. The third-order valence-corrected chi connectivity index (χ3v) is 3.35. The number of hydrogen-bond acceptors (Lipinski definition) is 4. The monoisotopic (exact) mass is 326 g/mol. The Bertz CT molecular complexity index is 575. The number of likely N-dealkylation sites (N-methyl/N-ethyl adjacent to an activating group) is 1. The van der Waals surface area contributed by atoms with E-state index in [1.807, 2.05) is 6.92 Å². The van der Waals surface area contributed by atoms with Crippen LogP contribution in [0.3, 0.4) is 0 Å². The Morgan fingerprint density at radius 2 is 2.00 bits per heavy atom. The van der Waals surface area contributed by atoms with E-state index < -0.39 is 17.8 Å². The number of esters is 1. The van der Waals surface area contributed by atoms with Crippen LogP contribution in [0.25, 0.3) is 0 Å². The van der Waals surface area contributed by atoms with Crippen molar-refractivity contribution in [2.24, 2.45) is 0 Å². The van der Waals surface area contributed by atoms with Gasteiger partial charge in [-0.25, -0.2) is 4.79 Å². The molecule has 0 atom stereocenters. The van der Waals surface area contributed by atoms with Gasteiger partial charge in [0.1, 0.15) is 0 Å². The predicted molar refractivity (Wildman–Crippen MR) is 84.0 cm³/mol. The summed E-state index contributed by atoms with van der Waals surface area (Å²) in [5, 5.41) is 2.64. The van der Waals surface area contributed by atoms with Gasteiger partial charge in [0.05, 0.1) is 23.4 Å². The molecule has 0 saturated heterocycles. The van der Waals surface area contributed by atoms with Crippen LogP contribution in [0, 0.1) is 0 Å².